The quantitative estimate of drug-likeness (QED) is 0.340. The topological polar surface area (TPSA) is 142 Å². The van der Waals surface area contributed by atoms with Crippen LogP contribution in [0.15, 0.2) is 65.7 Å². The molecule has 168 valence electrons. The average Bonchev–Trinajstić information content (AvgIpc) is 3.40. The summed E-state index contributed by atoms with van der Waals surface area (Å²) in [6.45, 7) is 0.581. The number of aromatic nitrogens is 6. The summed E-state index contributed by atoms with van der Waals surface area (Å²) in [6.07, 6.45) is 5.56. The van der Waals surface area contributed by atoms with Crippen LogP contribution in [0.4, 0.5) is 17.5 Å². The molecule has 0 fully saturated rings. The predicted molar refractivity (Wildman–Crippen MR) is 127 cm³/mol. The molecule has 0 amide bonds. The van der Waals surface area contributed by atoms with Gasteiger partial charge in [0.2, 0.25) is 11.8 Å². The van der Waals surface area contributed by atoms with E-state index in [-0.39, 0.29) is 0 Å². The number of hydrogen-bond donors (Lipinski definition) is 4. The lowest BCUT2D eigenvalue weighted by Gasteiger charge is -2.14. The maximum absolute atomic E-state index is 12.1. The van der Waals surface area contributed by atoms with E-state index in [1.807, 2.05) is 60.7 Å². The first-order valence-electron chi connectivity index (χ1n) is 10.1. The summed E-state index contributed by atoms with van der Waals surface area (Å²) in [7, 11) is 0.00653. The number of tetrazole rings is 1. The summed E-state index contributed by atoms with van der Waals surface area (Å²) in [5, 5.41) is 27.7. The minimum atomic E-state index is -0.993. The number of aliphatic hydroxyl groups is 1. The van der Waals surface area contributed by atoms with Crippen LogP contribution in [-0.4, -0.2) is 52.8 Å². The van der Waals surface area contributed by atoms with Gasteiger partial charge in [-0.05, 0) is 34.5 Å². The number of H-pyrrole nitrogens is 1. The van der Waals surface area contributed by atoms with Crippen LogP contribution in [-0.2, 0) is 17.3 Å². The first kappa shape index (κ1) is 22.2. The van der Waals surface area contributed by atoms with E-state index in [0.29, 0.717) is 35.5 Å². The van der Waals surface area contributed by atoms with E-state index in [1.165, 1.54) is 0 Å². The van der Waals surface area contributed by atoms with Crippen molar-refractivity contribution in [2.24, 2.45) is 0 Å². The van der Waals surface area contributed by atoms with Crippen molar-refractivity contribution in [3.8, 4) is 11.4 Å². The highest BCUT2D eigenvalue weighted by molar-refractivity contribution is 7.85. The molecule has 0 saturated heterocycles. The number of aliphatic hydroxyl groups excluding tert-OH is 1. The van der Waals surface area contributed by atoms with E-state index in [9.17, 15) is 4.21 Å². The van der Waals surface area contributed by atoms with Crippen molar-refractivity contribution in [3.05, 3.63) is 71.9 Å². The van der Waals surface area contributed by atoms with Gasteiger partial charge in [-0.15, -0.1) is 10.2 Å². The highest BCUT2D eigenvalue weighted by Crippen LogP contribution is 2.27. The Bertz CT molecular complexity index is 1260. The van der Waals surface area contributed by atoms with Gasteiger partial charge in [0.15, 0.2) is 0 Å². The Morgan fingerprint density at radius 3 is 2.79 bits per heavy atom. The molecule has 0 aliphatic carbocycles. The minimum absolute atomic E-state index is 0.406. The predicted octanol–water partition coefficient (Wildman–Crippen LogP) is 2.76. The molecule has 1 unspecified atom stereocenters. The second-order valence-electron chi connectivity index (χ2n) is 6.82. The summed E-state index contributed by atoms with van der Waals surface area (Å²) in [5.74, 6) is 1.96. The third-order valence-corrected chi connectivity index (χ3v) is 6.09. The Morgan fingerprint density at radius 1 is 1.15 bits per heavy atom. The summed E-state index contributed by atoms with van der Waals surface area (Å²) >= 11 is 0. The molecule has 4 N–H and O–H groups in total. The number of nitrogens with zero attached hydrogens (tertiary/aromatic N) is 5. The van der Waals surface area contributed by atoms with Crippen molar-refractivity contribution in [2.75, 3.05) is 23.5 Å². The van der Waals surface area contributed by atoms with Crippen LogP contribution in [0, 0.1) is 0 Å². The number of anilines is 3. The first-order valence-corrected chi connectivity index (χ1v) is 11.4. The number of fused-ring (bicyclic) bond motifs is 1. The van der Waals surface area contributed by atoms with Gasteiger partial charge in [0.25, 0.3) is 0 Å². The summed E-state index contributed by atoms with van der Waals surface area (Å²) in [5.41, 5.74) is 3.49. The molecule has 1 atom stereocenters. The lowest BCUT2D eigenvalue weighted by Crippen LogP contribution is -2.07. The maximum atomic E-state index is 12.1. The van der Waals surface area contributed by atoms with Gasteiger partial charge < -0.3 is 15.7 Å². The van der Waals surface area contributed by atoms with Crippen LogP contribution in [0.1, 0.15) is 11.1 Å². The zero-order chi connectivity index (χ0) is 23.0. The zero-order valence-corrected chi connectivity index (χ0v) is 18.6. The van der Waals surface area contributed by atoms with Gasteiger partial charge in [0.05, 0.1) is 16.4 Å². The maximum Gasteiger partial charge on any atom is 0.229 e. The highest BCUT2D eigenvalue weighted by Gasteiger charge is 2.15. The van der Waals surface area contributed by atoms with Crippen LogP contribution in [0.25, 0.3) is 17.5 Å². The van der Waals surface area contributed by atoms with Crippen molar-refractivity contribution in [1.29, 1.82) is 0 Å². The van der Waals surface area contributed by atoms with Crippen molar-refractivity contribution in [1.82, 2.24) is 30.6 Å². The fourth-order valence-electron chi connectivity index (χ4n) is 3.24. The van der Waals surface area contributed by atoms with Gasteiger partial charge in [-0.2, -0.15) is 10.2 Å². The van der Waals surface area contributed by atoms with E-state index < -0.39 is 10.8 Å². The Labute approximate surface area is 192 Å². The lowest BCUT2D eigenvalue weighted by molar-refractivity contribution is 0.399. The fourth-order valence-corrected chi connectivity index (χ4v) is 4.30. The Kier molecular flexibility index (Phi) is 7.12. The molecule has 3 heterocycles. The molecule has 0 radical (unpaired) electrons. The second kappa shape index (κ2) is 10.6. The molecule has 33 heavy (non-hydrogen) atoms. The van der Waals surface area contributed by atoms with Crippen LogP contribution in [0.2, 0.25) is 0 Å². The standard InChI is InChI=1S/C21H18N8OS.CH4O/c30-31-10-4-7-15-11-16(8-9-18(15)31)24-21-23-13-17(20-26-28-29-27-20)19(25-21)22-12-14-5-2-1-3-6-14;1-2/h1-9,11,13H,10,12H2,(H2,22,23,24,25)(H,26,27,28,29);2H,1H3. The largest absolute Gasteiger partial charge is 0.400 e. The van der Waals surface area contributed by atoms with Gasteiger partial charge >= 0.3 is 0 Å². The van der Waals surface area contributed by atoms with E-state index in [0.717, 1.165) is 28.8 Å². The zero-order valence-electron chi connectivity index (χ0n) is 17.8. The average molecular weight is 463 g/mol. The van der Waals surface area contributed by atoms with Gasteiger partial charge in [-0.3, -0.25) is 4.21 Å². The monoisotopic (exact) mass is 462 g/mol. The van der Waals surface area contributed by atoms with E-state index in [2.05, 4.69) is 41.2 Å². The molecular weight excluding hydrogens is 440 g/mol. The normalized spacial score (nSPS) is 14.1. The molecule has 1 aliphatic rings. The van der Waals surface area contributed by atoms with E-state index in [4.69, 9.17) is 5.11 Å². The molecular formula is C22H22N8O2S. The first-order chi connectivity index (χ1) is 16.3. The fraction of sp³-hybridized carbons (Fsp3) is 0.136. The summed E-state index contributed by atoms with van der Waals surface area (Å²) in [6, 6.07) is 15.7. The number of benzene rings is 2. The van der Waals surface area contributed by atoms with Crippen LogP contribution in [0.5, 0.6) is 0 Å². The number of nitrogens with one attached hydrogen (secondary N) is 3. The molecule has 1 aliphatic heterocycles. The van der Waals surface area contributed by atoms with Crippen molar-refractivity contribution >= 4 is 34.3 Å². The molecule has 0 bridgehead atoms. The number of aromatic amines is 1. The minimum Gasteiger partial charge on any atom is -0.400 e. The van der Waals surface area contributed by atoms with Gasteiger partial charge in [0.1, 0.15) is 5.82 Å². The summed E-state index contributed by atoms with van der Waals surface area (Å²) < 4.78 is 12.1. The van der Waals surface area contributed by atoms with E-state index >= 15 is 0 Å². The van der Waals surface area contributed by atoms with Crippen molar-refractivity contribution < 1.29 is 9.32 Å². The molecule has 11 heteroatoms. The van der Waals surface area contributed by atoms with Gasteiger partial charge in [0, 0.05) is 36.2 Å². The second-order valence-corrected chi connectivity index (χ2v) is 8.29. The SMILES string of the molecule is CO.O=S1CC=Cc2cc(Nc3ncc(-c4nn[nH]n4)c(NCc4ccccc4)n3)ccc21. The van der Waals surface area contributed by atoms with Crippen LogP contribution >= 0.6 is 0 Å². The molecule has 4 aromatic rings. The third-order valence-electron chi connectivity index (χ3n) is 4.73. The van der Waals surface area contributed by atoms with Crippen molar-refractivity contribution in [2.45, 2.75) is 11.4 Å². The van der Waals surface area contributed by atoms with E-state index in [1.54, 1.807) is 6.20 Å². The van der Waals surface area contributed by atoms with Gasteiger partial charge in [-0.25, -0.2) is 4.98 Å². The van der Waals surface area contributed by atoms with Crippen LogP contribution in [0.3, 0.4) is 0 Å². The van der Waals surface area contributed by atoms with Crippen molar-refractivity contribution in [3.63, 3.8) is 0 Å². The Morgan fingerprint density at radius 2 is 2.00 bits per heavy atom. The number of rotatable bonds is 6. The van der Waals surface area contributed by atoms with Gasteiger partial charge in [-0.1, -0.05) is 42.5 Å². The molecule has 0 saturated carbocycles. The third kappa shape index (κ3) is 5.27. The lowest BCUT2D eigenvalue weighted by atomic mass is 10.2. The molecule has 2 aromatic heterocycles. The smallest absolute Gasteiger partial charge is 0.229 e. The highest BCUT2D eigenvalue weighted by atomic mass is 32.2. The summed E-state index contributed by atoms with van der Waals surface area (Å²) in [4.78, 5) is 9.88. The Hall–Kier alpha value is -3.96. The molecule has 5 rings (SSSR count). The number of hydrogen-bond acceptors (Lipinski definition) is 9. The Balaban J connectivity index is 0.00000126. The van der Waals surface area contributed by atoms with Crippen LogP contribution < -0.4 is 10.6 Å². The molecule has 2 aromatic carbocycles. The molecule has 0 spiro atoms. The molecule has 10 nitrogen and oxygen atoms in total.